The van der Waals surface area contributed by atoms with Crippen molar-refractivity contribution in [2.75, 3.05) is 19.5 Å². The quantitative estimate of drug-likeness (QED) is 0.497. The molecule has 160 valence electrons. The van der Waals surface area contributed by atoms with Gasteiger partial charge in [-0.05, 0) is 53.6 Å². The average Bonchev–Trinajstić information content (AvgIpc) is 3.29. The minimum absolute atomic E-state index is 0.0980. The molecule has 1 aliphatic rings. The molecule has 2 heterocycles. The van der Waals surface area contributed by atoms with E-state index in [1.165, 1.54) is 0 Å². The first-order valence-corrected chi connectivity index (χ1v) is 10.4. The van der Waals surface area contributed by atoms with Crippen molar-refractivity contribution >= 4 is 28.4 Å². The number of H-pyrrole nitrogens is 1. The number of methoxy groups -OCH3 is 1. The molecule has 4 aromatic rings. The van der Waals surface area contributed by atoms with Crippen LogP contribution in [0.3, 0.4) is 0 Å². The van der Waals surface area contributed by atoms with Crippen LogP contribution in [-0.4, -0.2) is 35.9 Å². The maximum atomic E-state index is 13.7. The van der Waals surface area contributed by atoms with Gasteiger partial charge in [0.1, 0.15) is 5.75 Å². The van der Waals surface area contributed by atoms with Crippen molar-refractivity contribution in [1.29, 1.82) is 0 Å². The third kappa shape index (κ3) is 3.30. The Bertz CT molecular complexity index is 1310. The van der Waals surface area contributed by atoms with E-state index in [-0.39, 0.29) is 11.8 Å². The molecule has 0 bridgehead atoms. The van der Waals surface area contributed by atoms with Gasteiger partial charge in [0.25, 0.3) is 5.91 Å². The molecule has 0 radical (unpaired) electrons. The number of fused-ring (bicyclic) bond motifs is 2. The number of carbonyl (C=O) groups is 2. The van der Waals surface area contributed by atoms with Gasteiger partial charge in [-0.2, -0.15) is 0 Å². The minimum atomic E-state index is -0.566. The average molecular weight is 425 g/mol. The number of benzene rings is 3. The van der Waals surface area contributed by atoms with Crippen LogP contribution in [0.25, 0.3) is 10.9 Å². The van der Waals surface area contributed by atoms with Gasteiger partial charge in [-0.25, -0.2) is 0 Å². The number of hydrogen-bond donors (Lipinski definition) is 2. The van der Waals surface area contributed by atoms with Gasteiger partial charge < -0.3 is 19.9 Å². The van der Waals surface area contributed by atoms with E-state index in [2.05, 4.69) is 10.3 Å². The van der Waals surface area contributed by atoms with E-state index in [0.29, 0.717) is 11.3 Å². The summed E-state index contributed by atoms with van der Waals surface area (Å²) in [5.74, 6) is -0.101. The predicted octanol–water partition coefficient (Wildman–Crippen LogP) is 4.73. The summed E-state index contributed by atoms with van der Waals surface area (Å²) in [6.07, 6.45) is 1.87. The first-order valence-electron chi connectivity index (χ1n) is 10.4. The fraction of sp³-hybridized carbons (Fsp3) is 0.154. The van der Waals surface area contributed by atoms with Gasteiger partial charge in [0.2, 0.25) is 5.91 Å². The van der Waals surface area contributed by atoms with Gasteiger partial charge in [-0.3, -0.25) is 9.59 Å². The summed E-state index contributed by atoms with van der Waals surface area (Å²) in [6.45, 7) is 0. The second kappa shape index (κ2) is 7.89. The SMILES string of the molecule is COc1ccc([C@@H]2[C@@H](C(=O)Nc3ccc4[nH]ccc4c3)c3ccccc3C(=O)N2C)cc1. The number of amides is 2. The molecule has 6 heteroatoms. The van der Waals surface area contributed by atoms with Crippen LogP contribution < -0.4 is 10.1 Å². The van der Waals surface area contributed by atoms with E-state index in [0.717, 1.165) is 27.8 Å². The lowest BCUT2D eigenvalue weighted by Crippen LogP contribution is -2.44. The first kappa shape index (κ1) is 19.9. The lowest BCUT2D eigenvalue weighted by atomic mass is 9.79. The number of hydrogen-bond acceptors (Lipinski definition) is 3. The first-order chi connectivity index (χ1) is 15.6. The molecule has 1 aliphatic heterocycles. The van der Waals surface area contributed by atoms with Crippen LogP contribution in [-0.2, 0) is 4.79 Å². The van der Waals surface area contributed by atoms with Crippen molar-refractivity contribution < 1.29 is 14.3 Å². The Hall–Kier alpha value is -4.06. The second-order valence-corrected chi connectivity index (χ2v) is 7.97. The maximum absolute atomic E-state index is 13.7. The smallest absolute Gasteiger partial charge is 0.254 e. The predicted molar refractivity (Wildman–Crippen MR) is 124 cm³/mol. The topological polar surface area (TPSA) is 74.4 Å². The molecule has 2 N–H and O–H groups in total. The Balaban J connectivity index is 1.57. The van der Waals surface area contributed by atoms with Crippen LogP contribution in [0.4, 0.5) is 5.69 Å². The molecule has 32 heavy (non-hydrogen) atoms. The number of anilines is 1. The Kier molecular flexibility index (Phi) is 4.90. The molecular formula is C26H23N3O3. The molecule has 6 nitrogen and oxygen atoms in total. The van der Waals surface area contributed by atoms with E-state index < -0.39 is 12.0 Å². The fourth-order valence-corrected chi connectivity index (χ4v) is 4.53. The number of aromatic nitrogens is 1. The summed E-state index contributed by atoms with van der Waals surface area (Å²) in [7, 11) is 3.36. The molecule has 0 aliphatic carbocycles. The van der Waals surface area contributed by atoms with E-state index in [9.17, 15) is 9.59 Å². The van der Waals surface area contributed by atoms with E-state index in [1.807, 2.05) is 72.9 Å². The van der Waals surface area contributed by atoms with Gasteiger partial charge in [0.05, 0.1) is 19.1 Å². The molecule has 0 fully saturated rings. The van der Waals surface area contributed by atoms with Gasteiger partial charge in [0, 0.05) is 35.4 Å². The van der Waals surface area contributed by atoms with Crippen molar-refractivity contribution in [3.05, 3.63) is 95.7 Å². The summed E-state index contributed by atoms with van der Waals surface area (Å²) in [5.41, 5.74) is 3.88. The summed E-state index contributed by atoms with van der Waals surface area (Å²) in [4.78, 5) is 31.6. The number of nitrogens with zero attached hydrogens (tertiary/aromatic N) is 1. The molecular weight excluding hydrogens is 402 g/mol. The lowest BCUT2D eigenvalue weighted by Gasteiger charge is -2.39. The van der Waals surface area contributed by atoms with Gasteiger partial charge >= 0.3 is 0 Å². The summed E-state index contributed by atoms with van der Waals surface area (Å²) >= 11 is 0. The number of aromatic amines is 1. The summed E-state index contributed by atoms with van der Waals surface area (Å²) in [5, 5.41) is 4.10. The molecule has 2 amide bonds. The van der Waals surface area contributed by atoms with Crippen LogP contribution in [0.5, 0.6) is 5.75 Å². The number of ether oxygens (including phenoxy) is 1. The fourth-order valence-electron chi connectivity index (χ4n) is 4.53. The Morgan fingerprint density at radius 3 is 2.59 bits per heavy atom. The van der Waals surface area contributed by atoms with Crippen molar-refractivity contribution in [2.24, 2.45) is 0 Å². The number of likely N-dealkylation sites (N-methyl/N-ethyl adjacent to an activating group) is 1. The standard InChI is InChI=1S/C26H23N3O3/c1-29-24(16-7-10-19(32-2)11-8-16)23(20-5-3-4-6-21(20)26(29)31)25(30)28-18-9-12-22-17(15-18)13-14-27-22/h3-15,23-24,27H,1-2H3,(H,28,30)/t23-,24+/m0/s1. The van der Waals surface area contributed by atoms with Gasteiger partial charge in [-0.1, -0.05) is 30.3 Å². The minimum Gasteiger partial charge on any atom is -0.497 e. The molecule has 2 atom stereocenters. The number of carbonyl (C=O) groups excluding carboxylic acids is 2. The summed E-state index contributed by atoms with van der Waals surface area (Å²) in [6, 6.07) is 22.1. The molecule has 0 saturated carbocycles. The van der Waals surface area contributed by atoms with Crippen molar-refractivity contribution in [2.45, 2.75) is 12.0 Å². The normalized spacial score (nSPS) is 17.8. The van der Waals surface area contributed by atoms with E-state index >= 15 is 0 Å². The van der Waals surface area contributed by atoms with Crippen LogP contribution in [0, 0.1) is 0 Å². The van der Waals surface area contributed by atoms with Crippen molar-refractivity contribution in [3.8, 4) is 5.75 Å². The molecule has 3 aromatic carbocycles. The van der Waals surface area contributed by atoms with Crippen LogP contribution in [0.1, 0.15) is 33.4 Å². The third-order valence-electron chi connectivity index (χ3n) is 6.14. The zero-order chi connectivity index (χ0) is 22.2. The van der Waals surface area contributed by atoms with E-state index in [1.54, 1.807) is 25.1 Å². The lowest BCUT2D eigenvalue weighted by molar-refractivity contribution is -0.119. The van der Waals surface area contributed by atoms with Gasteiger partial charge in [-0.15, -0.1) is 0 Å². The monoisotopic (exact) mass is 425 g/mol. The highest BCUT2D eigenvalue weighted by molar-refractivity contribution is 6.04. The van der Waals surface area contributed by atoms with E-state index in [4.69, 9.17) is 4.74 Å². The molecule has 0 saturated heterocycles. The summed E-state index contributed by atoms with van der Waals surface area (Å²) < 4.78 is 5.28. The maximum Gasteiger partial charge on any atom is 0.254 e. The molecule has 0 spiro atoms. The zero-order valence-electron chi connectivity index (χ0n) is 17.8. The largest absolute Gasteiger partial charge is 0.497 e. The van der Waals surface area contributed by atoms with Crippen LogP contribution >= 0.6 is 0 Å². The molecule has 0 unspecified atom stereocenters. The highest BCUT2D eigenvalue weighted by atomic mass is 16.5. The third-order valence-corrected chi connectivity index (χ3v) is 6.14. The Morgan fingerprint density at radius 1 is 1.03 bits per heavy atom. The zero-order valence-corrected chi connectivity index (χ0v) is 17.8. The van der Waals surface area contributed by atoms with Crippen molar-refractivity contribution in [1.82, 2.24) is 9.88 Å². The second-order valence-electron chi connectivity index (χ2n) is 7.97. The van der Waals surface area contributed by atoms with Crippen LogP contribution in [0.15, 0.2) is 79.0 Å². The highest BCUT2D eigenvalue weighted by Gasteiger charge is 2.42. The Morgan fingerprint density at radius 2 is 1.81 bits per heavy atom. The molecule has 1 aromatic heterocycles. The number of nitrogens with one attached hydrogen (secondary N) is 2. The number of rotatable bonds is 4. The van der Waals surface area contributed by atoms with Crippen molar-refractivity contribution in [3.63, 3.8) is 0 Å². The molecule has 5 rings (SSSR count). The Labute approximate surface area is 185 Å². The van der Waals surface area contributed by atoms with Crippen LogP contribution in [0.2, 0.25) is 0 Å². The van der Waals surface area contributed by atoms with Gasteiger partial charge in [0.15, 0.2) is 0 Å². The highest BCUT2D eigenvalue weighted by Crippen LogP contribution is 2.42.